The van der Waals surface area contributed by atoms with Crippen LogP contribution in [-0.2, 0) is 9.47 Å². The third-order valence-electron chi connectivity index (χ3n) is 6.46. The average Bonchev–Trinajstić information content (AvgIpc) is 3.33. The van der Waals surface area contributed by atoms with Crippen LogP contribution in [0.15, 0.2) is 24.5 Å². The third kappa shape index (κ3) is 4.93. The third-order valence-corrected chi connectivity index (χ3v) is 6.46. The minimum absolute atomic E-state index is 0. The van der Waals surface area contributed by atoms with Gasteiger partial charge in [-0.1, -0.05) is 6.07 Å². The Kier molecular flexibility index (Phi) is 7.39. The molecule has 0 bridgehead atoms. The first-order valence-electron chi connectivity index (χ1n) is 11.3. The number of nitrogens with zero attached hydrogens (tertiary/aromatic N) is 4. The molecule has 2 aromatic heterocycles. The van der Waals surface area contributed by atoms with Crippen LogP contribution in [0.4, 0.5) is 11.6 Å². The van der Waals surface area contributed by atoms with Gasteiger partial charge in [0.05, 0.1) is 38.0 Å². The smallest absolute Gasteiger partial charge is 0.229 e. The summed E-state index contributed by atoms with van der Waals surface area (Å²) in [7, 11) is 1.69. The standard InChI is InChI=1S/C23H30N6O3.H3N/c1-15(29-7-11-32-12-8-29)17-3-4-18(19(13-17)30-2)26-23-27-20(16-5-9-31-10-6-16)21-22(28-23)25-14-24-21;/h3-4,13-16H,5-12H2,1-2H3,(H2,24,25,26,27,28);1H3. The van der Waals surface area contributed by atoms with Gasteiger partial charge in [0.2, 0.25) is 5.95 Å². The summed E-state index contributed by atoms with van der Waals surface area (Å²) in [5, 5.41) is 3.37. The first kappa shape index (κ1) is 23.4. The van der Waals surface area contributed by atoms with Crippen LogP contribution in [0.25, 0.3) is 11.2 Å². The van der Waals surface area contributed by atoms with Crippen molar-refractivity contribution >= 4 is 22.8 Å². The fraction of sp³-hybridized carbons (Fsp3) is 0.522. The van der Waals surface area contributed by atoms with Gasteiger partial charge >= 0.3 is 0 Å². The van der Waals surface area contributed by atoms with E-state index in [1.165, 1.54) is 5.56 Å². The first-order chi connectivity index (χ1) is 15.7. The van der Waals surface area contributed by atoms with Gasteiger partial charge < -0.3 is 30.7 Å². The molecule has 1 unspecified atom stereocenters. The van der Waals surface area contributed by atoms with Crippen LogP contribution in [0.3, 0.4) is 0 Å². The summed E-state index contributed by atoms with van der Waals surface area (Å²) in [6, 6.07) is 6.56. The largest absolute Gasteiger partial charge is 0.495 e. The molecule has 2 fully saturated rings. The molecule has 2 aliphatic rings. The van der Waals surface area contributed by atoms with Gasteiger partial charge in [0.1, 0.15) is 11.3 Å². The number of nitrogens with one attached hydrogen (secondary N) is 2. The number of aromatic nitrogens is 4. The van der Waals surface area contributed by atoms with E-state index in [4.69, 9.17) is 19.2 Å². The number of imidazole rings is 1. The Balaban J connectivity index is 0.00000259. The summed E-state index contributed by atoms with van der Waals surface area (Å²) in [5.41, 5.74) is 4.59. The van der Waals surface area contributed by atoms with E-state index in [9.17, 15) is 0 Å². The topological polar surface area (TPSA) is 132 Å². The highest BCUT2D eigenvalue weighted by Gasteiger charge is 2.23. The second-order valence-corrected chi connectivity index (χ2v) is 8.33. The molecule has 0 amide bonds. The lowest BCUT2D eigenvalue weighted by atomic mass is 9.95. The Morgan fingerprint density at radius 3 is 2.64 bits per heavy atom. The maximum Gasteiger partial charge on any atom is 0.229 e. The number of anilines is 2. The van der Waals surface area contributed by atoms with Gasteiger partial charge in [-0.3, -0.25) is 4.90 Å². The van der Waals surface area contributed by atoms with Crippen molar-refractivity contribution in [2.45, 2.75) is 31.7 Å². The van der Waals surface area contributed by atoms with Crippen LogP contribution in [0.2, 0.25) is 0 Å². The summed E-state index contributed by atoms with van der Waals surface area (Å²) in [5.74, 6) is 1.62. The molecule has 0 spiro atoms. The number of methoxy groups -OCH3 is 1. The minimum Gasteiger partial charge on any atom is -0.495 e. The Labute approximate surface area is 193 Å². The van der Waals surface area contributed by atoms with E-state index in [1.807, 2.05) is 6.07 Å². The molecular weight excluding hydrogens is 422 g/mol. The highest BCUT2D eigenvalue weighted by molar-refractivity contribution is 5.76. The first-order valence-corrected chi connectivity index (χ1v) is 11.3. The number of aromatic amines is 1. The molecular formula is C23H33N7O3. The molecule has 1 atom stereocenters. The number of fused-ring (bicyclic) bond motifs is 1. The lowest BCUT2D eigenvalue weighted by Gasteiger charge is -2.32. The van der Waals surface area contributed by atoms with Gasteiger partial charge in [0.15, 0.2) is 5.65 Å². The normalized spacial score (nSPS) is 18.6. The Hall–Kier alpha value is -2.79. The molecule has 4 heterocycles. The summed E-state index contributed by atoms with van der Waals surface area (Å²) in [6.07, 6.45) is 3.56. The lowest BCUT2D eigenvalue weighted by molar-refractivity contribution is 0.0198. The van der Waals surface area contributed by atoms with Crippen molar-refractivity contribution in [2.24, 2.45) is 0 Å². The number of hydrogen-bond acceptors (Lipinski definition) is 9. The Morgan fingerprint density at radius 2 is 1.88 bits per heavy atom. The lowest BCUT2D eigenvalue weighted by Crippen LogP contribution is -2.38. The molecule has 0 aliphatic carbocycles. The number of H-pyrrole nitrogens is 1. The van der Waals surface area contributed by atoms with Gasteiger partial charge in [-0.2, -0.15) is 4.98 Å². The SMILES string of the molecule is COc1cc(C(C)N2CCOCC2)ccc1Nc1nc(C2CCOCC2)c2nc[nH]c2n1.N. The monoisotopic (exact) mass is 455 g/mol. The number of ether oxygens (including phenoxy) is 3. The van der Waals surface area contributed by atoms with Gasteiger partial charge in [-0.15, -0.1) is 0 Å². The molecule has 178 valence electrons. The predicted octanol–water partition coefficient (Wildman–Crippen LogP) is 3.55. The van der Waals surface area contributed by atoms with Gasteiger partial charge in [0.25, 0.3) is 0 Å². The van der Waals surface area contributed by atoms with E-state index in [2.05, 4.69) is 44.2 Å². The molecule has 5 N–H and O–H groups in total. The van der Waals surface area contributed by atoms with Crippen molar-refractivity contribution in [1.82, 2.24) is 31.0 Å². The molecule has 0 radical (unpaired) electrons. The highest BCUT2D eigenvalue weighted by atomic mass is 16.5. The number of morpholine rings is 1. The van der Waals surface area contributed by atoms with E-state index >= 15 is 0 Å². The van der Waals surface area contributed by atoms with Crippen LogP contribution in [-0.4, -0.2) is 71.5 Å². The maximum absolute atomic E-state index is 5.72. The van der Waals surface area contributed by atoms with Crippen molar-refractivity contribution in [3.63, 3.8) is 0 Å². The van der Waals surface area contributed by atoms with Gasteiger partial charge in [0, 0.05) is 38.3 Å². The summed E-state index contributed by atoms with van der Waals surface area (Å²) in [4.78, 5) is 19.5. The van der Waals surface area contributed by atoms with Crippen molar-refractivity contribution < 1.29 is 14.2 Å². The van der Waals surface area contributed by atoms with Crippen molar-refractivity contribution in [2.75, 3.05) is 51.9 Å². The average molecular weight is 456 g/mol. The van der Waals surface area contributed by atoms with E-state index < -0.39 is 0 Å². The van der Waals surface area contributed by atoms with E-state index in [1.54, 1.807) is 13.4 Å². The molecule has 0 saturated carbocycles. The van der Waals surface area contributed by atoms with E-state index in [0.717, 1.165) is 80.7 Å². The van der Waals surface area contributed by atoms with Crippen LogP contribution >= 0.6 is 0 Å². The molecule has 5 rings (SSSR count). The number of hydrogen-bond donors (Lipinski definition) is 3. The zero-order chi connectivity index (χ0) is 21.9. The molecule has 2 saturated heterocycles. The quantitative estimate of drug-likeness (QED) is 0.510. The van der Waals surface area contributed by atoms with Gasteiger partial charge in [-0.25, -0.2) is 9.97 Å². The zero-order valence-corrected chi connectivity index (χ0v) is 19.3. The number of benzene rings is 1. The summed E-state index contributed by atoms with van der Waals surface area (Å²) >= 11 is 0. The van der Waals surface area contributed by atoms with E-state index in [0.29, 0.717) is 17.9 Å². The highest BCUT2D eigenvalue weighted by Crippen LogP contribution is 2.34. The second-order valence-electron chi connectivity index (χ2n) is 8.33. The molecule has 10 nitrogen and oxygen atoms in total. The molecule has 2 aliphatic heterocycles. The summed E-state index contributed by atoms with van der Waals surface area (Å²) < 4.78 is 16.7. The second kappa shape index (κ2) is 10.4. The van der Waals surface area contributed by atoms with E-state index in [-0.39, 0.29) is 6.15 Å². The zero-order valence-electron chi connectivity index (χ0n) is 19.3. The van der Waals surface area contributed by atoms with Crippen molar-refractivity contribution in [3.05, 3.63) is 35.8 Å². The van der Waals surface area contributed by atoms with Crippen molar-refractivity contribution in [3.8, 4) is 5.75 Å². The fourth-order valence-electron chi connectivity index (χ4n) is 4.54. The number of rotatable bonds is 6. The van der Waals surface area contributed by atoms with Crippen LogP contribution in [0.1, 0.15) is 43.0 Å². The van der Waals surface area contributed by atoms with Gasteiger partial charge in [-0.05, 0) is 37.5 Å². The molecule has 3 aromatic rings. The van der Waals surface area contributed by atoms with Crippen LogP contribution in [0.5, 0.6) is 5.75 Å². The maximum atomic E-state index is 5.72. The van der Waals surface area contributed by atoms with Crippen molar-refractivity contribution in [1.29, 1.82) is 0 Å². The predicted molar refractivity (Wildman–Crippen MR) is 127 cm³/mol. The molecule has 10 heteroatoms. The Morgan fingerprint density at radius 1 is 1.12 bits per heavy atom. The Bertz CT molecular complexity index is 1060. The van der Waals surface area contributed by atoms with Crippen LogP contribution in [0, 0.1) is 0 Å². The fourth-order valence-corrected chi connectivity index (χ4v) is 4.54. The van der Waals surface area contributed by atoms with Crippen LogP contribution < -0.4 is 16.2 Å². The minimum atomic E-state index is 0. The molecule has 1 aromatic carbocycles. The summed E-state index contributed by atoms with van der Waals surface area (Å²) in [6.45, 7) is 7.17. The molecule has 33 heavy (non-hydrogen) atoms.